The smallest absolute Gasteiger partial charge is 0.341 e. The standard InChI is InChI=1S/C16H17F3N4O2S/c17-16(18,19)12-3-5-14(6-4-12)26(24,25)21-11-13-7-8-20-15(22-13)23-9-1-2-10-23/h3-8,21H,1-2,9-11H2. The van der Waals surface area contributed by atoms with Gasteiger partial charge in [-0.25, -0.2) is 23.1 Å². The van der Waals surface area contributed by atoms with Crippen LogP contribution in [0, 0.1) is 0 Å². The van der Waals surface area contributed by atoms with E-state index in [0.717, 1.165) is 50.2 Å². The number of hydrogen-bond acceptors (Lipinski definition) is 5. The molecule has 6 nitrogen and oxygen atoms in total. The maximum Gasteiger partial charge on any atom is 0.416 e. The van der Waals surface area contributed by atoms with Crippen molar-refractivity contribution >= 4 is 16.0 Å². The Morgan fingerprint density at radius 3 is 2.35 bits per heavy atom. The third-order valence-electron chi connectivity index (χ3n) is 4.02. The highest BCUT2D eigenvalue weighted by Crippen LogP contribution is 2.29. The summed E-state index contributed by atoms with van der Waals surface area (Å²) < 4.78 is 64.6. The Hall–Kier alpha value is -2.20. The Morgan fingerprint density at radius 1 is 1.08 bits per heavy atom. The molecule has 0 amide bonds. The van der Waals surface area contributed by atoms with Gasteiger partial charge in [-0.05, 0) is 43.2 Å². The van der Waals surface area contributed by atoms with Crippen LogP contribution in [-0.2, 0) is 22.7 Å². The normalized spacial score (nSPS) is 15.4. The lowest BCUT2D eigenvalue weighted by Crippen LogP contribution is -2.25. The number of anilines is 1. The summed E-state index contributed by atoms with van der Waals surface area (Å²) in [6, 6.07) is 4.94. The van der Waals surface area contributed by atoms with Crippen molar-refractivity contribution in [3.05, 3.63) is 47.8 Å². The summed E-state index contributed by atoms with van der Waals surface area (Å²) in [6.07, 6.45) is -0.826. The predicted octanol–water partition coefficient (Wildman–Crippen LogP) is 2.57. The molecule has 10 heteroatoms. The molecule has 1 aliphatic heterocycles. The van der Waals surface area contributed by atoms with Gasteiger partial charge in [0.05, 0.1) is 22.7 Å². The number of nitrogens with one attached hydrogen (secondary N) is 1. The van der Waals surface area contributed by atoms with Crippen molar-refractivity contribution in [1.82, 2.24) is 14.7 Å². The van der Waals surface area contributed by atoms with Crippen molar-refractivity contribution in [1.29, 1.82) is 0 Å². The molecule has 0 atom stereocenters. The van der Waals surface area contributed by atoms with Gasteiger partial charge in [-0.3, -0.25) is 0 Å². The summed E-state index contributed by atoms with van der Waals surface area (Å²) >= 11 is 0. The maximum absolute atomic E-state index is 12.6. The molecule has 1 aliphatic rings. The van der Waals surface area contributed by atoms with Gasteiger partial charge in [0, 0.05) is 19.3 Å². The molecule has 0 aliphatic carbocycles. The molecule has 0 radical (unpaired) electrons. The number of hydrogen-bond donors (Lipinski definition) is 1. The molecule has 140 valence electrons. The van der Waals surface area contributed by atoms with Crippen molar-refractivity contribution < 1.29 is 21.6 Å². The molecule has 0 unspecified atom stereocenters. The zero-order chi connectivity index (χ0) is 18.8. The molecule has 2 aromatic rings. The van der Waals surface area contributed by atoms with Crippen LogP contribution in [0.5, 0.6) is 0 Å². The molecule has 2 heterocycles. The summed E-state index contributed by atoms with van der Waals surface area (Å²) in [6.45, 7) is 1.65. The number of rotatable bonds is 5. The Morgan fingerprint density at radius 2 is 1.73 bits per heavy atom. The minimum absolute atomic E-state index is 0.0767. The van der Waals surface area contributed by atoms with Gasteiger partial charge in [0.1, 0.15) is 0 Å². The topological polar surface area (TPSA) is 75.2 Å². The van der Waals surface area contributed by atoms with Crippen LogP contribution in [0.1, 0.15) is 24.1 Å². The van der Waals surface area contributed by atoms with E-state index in [1.165, 1.54) is 0 Å². The van der Waals surface area contributed by atoms with E-state index >= 15 is 0 Å². The van der Waals surface area contributed by atoms with Crippen LogP contribution >= 0.6 is 0 Å². The van der Waals surface area contributed by atoms with Crippen LogP contribution < -0.4 is 9.62 Å². The Bertz CT molecular complexity index is 864. The lowest BCUT2D eigenvalue weighted by atomic mass is 10.2. The number of nitrogens with zero attached hydrogens (tertiary/aromatic N) is 3. The van der Waals surface area contributed by atoms with Gasteiger partial charge in [-0.2, -0.15) is 13.2 Å². The monoisotopic (exact) mass is 386 g/mol. The first-order valence-corrected chi connectivity index (χ1v) is 9.48. The summed E-state index contributed by atoms with van der Waals surface area (Å²) in [7, 11) is -3.94. The second kappa shape index (κ2) is 7.20. The lowest BCUT2D eigenvalue weighted by molar-refractivity contribution is -0.137. The molecule has 1 aromatic heterocycles. The largest absolute Gasteiger partial charge is 0.416 e. The number of halogens is 3. The highest BCUT2D eigenvalue weighted by molar-refractivity contribution is 7.89. The summed E-state index contributed by atoms with van der Waals surface area (Å²) in [5.74, 6) is 0.550. The number of benzene rings is 1. The Kier molecular flexibility index (Phi) is 5.15. The number of aromatic nitrogens is 2. The van der Waals surface area contributed by atoms with Crippen LogP contribution in [0.2, 0.25) is 0 Å². The zero-order valence-electron chi connectivity index (χ0n) is 13.7. The molecule has 1 aromatic carbocycles. The third kappa shape index (κ3) is 4.31. The molecule has 0 spiro atoms. The molecule has 1 fully saturated rings. The van der Waals surface area contributed by atoms with Crippen molar-refractivity contribution in [2.45, 2.75) is 30.5 Å². The average Bonchev–Trinajstić information content (AvgIpc) is 3.14. The van der Waals surface area contributed by atoms with E-state index in [2.05, 4.69) is 14.7 Å². The fourth-order valence-electron chi connectivity index (χ4n) is 2.63. The highest BCUT2D eigenvalue weighted by Gasteiger charge is 2.30. The molecule has 0 bridgehead atoms. The molecule has 3 rings (SSSR count). The lowest BCUT2D eigenvalue weighted by Gasteiger charge is -2.15. The average molecular weight is 386 g/mol. The van der Waals surface area contributed by atoms with E-state index in [1.807, 2.05) is 4.90 Å². The van der Waals surface area contributed by atoms with Gasteiger partial charge in [-0.15, -0.1) is 0 Å². The first-order valence-electron chi connectivity index (χ1n) is 7.99. The van der Waals surface area contributed by atoms with Gasteiger partial charge >= 0.3 is 6.18 Å². The van der Waals surface area contributed by atoms with Crippen molar-refractivity contribution in [2.24, 2.45) is 0 Å². The van der Waals surface area contributed by atoms with Gasteiger partial charge in [-0.1, -0.05) is 0 Å². The van der Waals surface area contributed by atoms with Gasteiger partial charge in [0.2, 0.25) is 16.0 Å². The summed E-state index contributed by atoms with van der Waals surface area (Å²) in [5, 5.41) is 0. The van der Waals surface area contributed by atoms with Crippen LogP contribution in [0.4, 0.5) is 19.1 Å². The van der Waals surface area contributed by atoms with E-state index in [0.29, 0.717) is 11.6 Å². The summed E-state index contributed by atoms with van der Waals surface area (Å²) in [5.41, 5.74) is -0.417. The van der Waals surface area contributed by atoms with Crippen LogP contribution in [0.25, 0.3) is 0 Å². The van der Waals surface area contributed by atoms with E-state index in [9.17, 15) is 21.6 Å². The van der Waals surface area contributed by atoms with E-state index in [-0.39, 0.29) is 11.4 Å². The van der Waals surface area contributed by atoms with Crippen LogP contribution in [0.15, 0.2) is 41.4 Å². The summed E-state index contributed by atoms with van der Waals surface area (Å²) in [4.78, 5) is 10.3. The van der Waals surface area contributed by atoms with Gasteiger partial charge in [0.25, 0.3) is 0 Å². The quantitative estimate of drug-likeness (QED) is 0.855. The highest BCUT2D eigenvalue weighted by atomic mass is 32.2. The molecule has 0 saturated carbocycles. The first-order chi connectivity index (χ1) is 12.3. The van der Waals surface area contributed by atoms with E-state index < -0.39 is 21.8 Å². The van der Waals surface area contributed by atoms with Crippen molar-refractivity contribution in [2.75, 3.05) is 18.0 Å². The second-order valence-electron chi connectivity index (χ2n) is 5.89. The predicted molar refractivity (Wildman–Crippen MR) is 88.9 cm³/mol. The maximum atomic E-state index is 12.6. The third-order valence-corrected chi connectivity index (χ3v) is 5.44. The van der Waals surface area contributed by atoms with Crippen molar-refractivity contribution in [3.63, 3.8) is 0 Å². The van der Waals surface area contributed by atoms with E-state index in [4.69, 9.17) is 0 Å². The van der Waals surface area contributed by atoms with Crippen LogP contribution in [0.3, 0.4) is 0 Å². The fraction of sp³-hybridized carbons (Fsp3) is 0.375. The molecule has 26 heavy (non-hydrogen) atoms. The fourth-order valence-corrected chi connectivity index (χ4v) is 3.63. The van der Waals surface area contributed by atoms with Crippen LogP contribution in [-0.4, -0.2) is 31.5 Å². The number of sulfonamides is 1. The minimum Gasteiger partial charge on any atom is -0.341 e. The van der Waals surface area contributed by atoms with Gasteiger partial charge in [0.15, 0.2) is 0 Å². The Balaban J connectivity index is 1.69. The van der Waals surface area contributed by atoms with Gasteiger partial charge < -0.3 is 4.90 Å². The molecular formula is C16H17F3N4O2S. The van der Waals surface area contributed by atoms with Crippen molar-refractivity contribution in [3.8, 4) is 0 Å². The van der Waals surface area contributed by atoms with E-state index in [1.54, 1.807) is 12.3 Å². The molecule has 1 saturated heterocycles. The molecular weight excluding hydrogens is 369 g/mol. The molecule has 1 N–H and O–H groups in total. The minimum atomic E-state index is -4.51. The number of alkyl halides is 3. The second-order valence-corrected chi connectivity index (χ2v) is 7.66. The SMILES string of the molecule is O=S(=O)(NCc1ccnc(N2CCCC2)n1)c1ccc(C(F)(F)F)cc1. The zero-order valence-corrected chi connectivity index (χ0v) is 14.5. The Labute approximate surface area is 149 Å². The first kappa shape index (κ1) is 18.6.